The van der Waals surface area contributed by atoms with Gasteiger partial charge in [-0.15, -0.1) is 0 Å². The minimum atomic E-state index is -1.89. The molecule has 7 heteroatoms. The summed E-state index contributed by atoms with van der Waals surface area (Å²) in [7, 11) is 0. The third-order valence-electron chi connectivity index (χ3n) is 4.60. The Balaban J connectivity index is 2.05. The fourth-order valence-electron chi connectivity index (χ4n) is 3.00. The summed E-state index contributed by atoms with van der Waals surface area (Å²) in [6.45, 7) is 2.58. The van der Waals surface area contributed by atoms with Crippen LogP contribution in [-0.2, 0) is 14.3 Å². The first-order valence-corrected chi connectivity index (χ1v) is 9.53. The van der Waals surface area contributed by atoms with Crippen molar-refractivity contribution >= 4 is 5.97 Å². The molecule has 4 N–H and O–H groups in total. The first kappa shape index (κ1) is 22.3. The molecule has 1 rings (SSSR count). The van der Waals surface area contributed by atoms with Crippen LogP contribution in [0.1, 0.15) is 71.1 Å². The highest BCUT2D eigenvalue weighted by molar-refractivity contribution is 5.72. The van der Waals surface area contributed by atoms with E-state index in [4.69, 9.17) is 14.6 Å². The van der Waals surface area contributed by atoms with Crippen LogP contribution in [0, 0.1) is 0 Å². The fourth-order valence-corrected chi connectivity index (χ4v) is 3.00. The number of hydrogen-bond donors (Lipinski definition) is 4. The van der Waals surface area contributed by atoms with Crippen LogP contribution in [0.5, 0.6) is 0 Å². The Bertz CT molecular complexity index is 363. The van der Waals surface area contributed by atoms with Crippen molar-refractivity contribution in [1.29, 1.82) is 0 Å². The molecule has 0 aromatic carbocycles. The number of aliphatic hydroxyl groups is 3. The topological polar surface area (TPSA) is 116 Å². The van der Waals surface area contributed by atoms with Gasteiger partial charge in [-0.1, -0.05) is 64.7 Å². The second-order valence-electron chi connectivity index (χ2n) is 6.79. The van der Waals surface area contributed by atoms with Crippen LogP contribution in [0.25, 0.3) is 0 Å². The Morgan fingerprint density at radius 2 is 1.48 bits per heavy atom. The molecule has 1 heterocycles. The SMILES string of the molecule is CCCCCCCCCCCCO[C@@H]1O[C@H]([C@H](O)C(=O)O)[C@H](O)[C@H]1O. The predicted octanol–water partition coefficient (Wildman–Crippen LogP) is 1.82. The van der Waals surface area contributed by atoms with Crippen molar-refractivity contribution in [2.75, 3.05) is 6.61 Å². The summed E-state index contributed by atoms with van der Waals surface area (Å²) >= 11 is 0. The first-order chi connectivity index (χ1) is 12.0. The van der Waals surface area contributed by atoms with Crippen molar-refractivity contribution in [3.63, 3.8) is 0 Å². The number of unbranched alkanes of at least 4 members (excludes halogenated alkanes) is 9. The lowest BCUT2D eigenvalue weighted by atomic mass is 10.1. The van der Waals surface area contributed by atoms with Crippen molar-refractivity contribution in [2.24, 2.45) is 0 Å². The Hall–Kier alpha value is -0.730. The minimum Gasteiger partial charge on any atom is -0.479 e. The van der Waals surface area contributed by atoms with Crippen LogP contribution in [0.3, 0.4) is 0 Å². The maximum absolute atomic E-state index is 10.7. The van der Waals surface area contributed by atoms with E-state index < -0.39 is 36.7 Å². The van der Waals surface area contributed by atoms with E-state index in [2.05, 4.69) is 6.92 Å². The van der Waals surface area contributed by atoms with E-state index in [1.165, 1.54) is 44.9 Å². The predicted molar refractivity (Wildman–Crippen MR) is 92.1 cm³/mol. The van der Waals surface area contributed by atoms with E-state index in [0.717, 1.165) is 19.3 Å². The molecule has 0 radical (unpaired) electrons. The molecule has 0 spiro atoms. The molecule has 5 atom stereocenters. The second kappa shape index (κ2) is 12.6. The zero-order chi connectivity index (χ0) is 18.7. The molecule has 0 aromatic heterocycles. The Morgan fingerprint density at radius 3 is 2.00 bits per heavy atom. The molecule has 1 aliphatic rings. The molecule has 0 saturated carbocycles. The van der Waals surface area contributed by atoms with E-state index in [-0.39, 0.29) is 0 Å². The van der Waals surface area contributed by atoms with Gasteiger partial charge in [-0.05, 0) is 6.42 Å². The number of hydrogen-bond acceptors (Lipinski definition) is 6. The number of carboxylic acids is 1. The summed E-state index contributed by atoms with van der Waals surface area (Å²) in [6.07, 6.45) is 4.74. The largest absolute Gasteiger partial charge is 0.479 e. The maximum Gasteiger partial charge on any atom is 0.335 e. The molecule has 0 unspecified atom stereocenters. The molecular formula is C18H34O7. The lowest BCUT2D eigenvalue weighted by Gasteiger charge is -2.17. The molecule has 0 bridgehead atoms. The molecule has 0 amide bonds. The van der Waals surface area contributed by atoms with Gasteiger partial charge in [-0.2, -0.15) is 0 Å². The summed E-state index contributed by atoms with van der Waals surface area (Å²) < 4.78 is 10.5. The minimum absolute atomic E-state index is 0.362. The normalized spacial score (nSPS) is 27.5. The Kier molecular flexibility index (Phi) is 11.2. The lowest BCUT2D eigenvalue weighted by molar-refractivity contribution is -0.186. The smallest absolute Gasteiger partial charge is 0.335 e. The first-order valence-electron chi connectivity index (χ1n) is 9.53. The number of carbonyl (C=O) groups is 1. The molecule has 1 saturated heterocycles. The molecule has 0 aliphatic carbocycles. The van der Waals surface area contributed by atoms with Gasteiger partial charge in [0.15, 0.2) is 12.4 Å². The van der Waals surface area contributed by atoms with Gasteiger partial charge in [0, 0.05) is 6.61 Å². The highest BCUT2D eigenvalue weighted by Crippen LogP contribution is 2.25. The molecule has 148 valence electrons. The number of ether oxygens (including phenoxy) is 2. The van der Waals surface area contributed by atoms with E-state index in [0.29, 0.717) is 6.61 Å². The van der Waals surface area contributed by atoms with Gasteiger partial charge >= 0.3 is 5.97 Å². The maximum atomic E-state index is 10.7. The van der Waals surface area contributed by atoms with Gasteiger partial charge in [0.2, 0.25) is 0 Å². The highest BCUT2D eigenvalue weighted by atomic mass is 16.7. The average molecular weight is 362 g/mol. The molecular weight excluding hydrogens is 328 g/mol. The van der Waals surface area contributed by atoms with Crippen molar-refractivity contribution in [3.8, 4) is 0 Å². The van der Waals surface area contributed by atoms with Crippen LogP contribution < -0.4 is 0 Å². The van der Waals surface area contributed by atoms with Crippen LogP contribution >= 0.6 is 0 Å². The molecule has 1 aliphatic heterocycles. The summed E-state index contributed by atoms with van der Waals surface area (Å²) in [5.74, 6) is -1.51. The molecule has 25 heavy (non-hydrogen) atoms. The number of aliphatic hydroxyl groups excluding tert-OH is 3. The third-order valence-corrected chi connectivity index (χ3v) is 4.60. The third kappa shape index (κ3) is 8.00. The van der Waals surface area contributed by atoms with Crippen molar-refractivity contribution in [1.82, 2.24) is 0 Å². The second-order valence-corrected chi connectivity index (χ2v) is 6.79. The standard InChI is InChI=1S/C18H34O7/c1-2-3-4-5-6-7-8-9-10-11-12-24-18-14(20)13(19)16(25-18)15(21)17(22)23/h13-16,18-21H,2-12H2,1H3,(H,22,23)/t13-,14-,15+,16+,18-/m1/s1. The fraction of sp³-hybridized carbons (Fsp3) is 0.944. The number of aliphatic carboxylic acids is 1. The summed E-state index contributed by atoms with van der Waals surface area (Å²) in [5.41, 5.74) is 0. The van der Waals surface area contributed by atoms with Gasteiger partial charge in [-0.25, -0.2) is 4.79 Å². The zero-order valence-electron chi connectivity index (χ0n) is 15.2. The van der Waals surface area contributed by atoms with E-state index in [1.807, 2.05) is 0 Å². The van der Waals surface area contributed by atoms with Crippen molar-refractivity contribution in [2.45, 2.75) is 102 Å². The van der Waals surface area contributed by atoms with Gasteiger partial charge in [0.1, 0.15) is 18.3 Å². The zero-order valence-corrected chi connectivity index (χ0v) is 15.2. The van der Waals surface area contributed by atoms with Crippen LogP contribution in [0.2, 0.25) is 0 Å². The molecule has 0 aromatic rings. The summed E-state index contributed by atoms with van der Waals surface area (Å²) in [4.78, 5) is 10.7. The average Bonchev–Trinajstić information content (AvgIpc) is 2.87. The van der Waals surface area contributed by atoms with Gasteiger partial charge in [0.25, 0.3) is 0 Å². The number of rotatable bonds is 14. The quantitative estimate of drug-likeness (QED) is 0.348. The number of carboxylic acid groups (broad SMARTS) is 1. The highest BCUT2D eigenvalue weighted by Gasteiger charge is 2.48. The van der Waals surface area contributed by atoms with Gasteiger partial charge < -0.3 is 29.9 Å². The Morgan fingerprint density at radius 1 is 0.960 bits per heavy atom. The van der Waals surface area contributed by atoms with E-state index >= 15 is 0 Å². The molecule has 1 fully saturated rings. The van der Waals surface area contributed by atoms with Crippen LogP contribution in [-0.4, -0.2) is 63.7 Å². The molecule has 7 nitrogen and oxygen atoms in total. The van der Waals surface area contributed by atoms with Gasteiger partial charge in [-0.3, -0.25) is 0 Å². The Labute approximate surface area is 150 Å². The van der Waals surface area contributed by atoms with E-state index in [1.54, 1.807) is 0 Å². The summed E-state index contributed by atoms with van der Waals surface area (Å²) in [6, 6.07) is 0. The lowest BCUT2D eigenvalue weighted by Crippen LogP contribution is -2.42. The van der Waals surface area contributed by atoms with Crippen molar-refractivity contribution in [3.05, 3.63) is 0 Å². The van der Waals surface area contributed by atoms with Crippen LogP contribution in [0.4, 0.5) is 0 Å². The summed E-state index contributed by atoms with van der Waals surface area (Å²) in [5, 5.41) is 37.7. The monoisotopic (exact) mass is 362 g/mol. The van der Waals surface area contributed by atoms with Gasteiger partial charge in [0.05, 0.1) is 0 Å². The van der Waals surface area contributed by atoms with E-state index in [9.17, 15) is 20.1 Å². The van der Waals surface area contributed by atoms with Crippen molar-refractivity contribution < 1.29 is 34.7 Å². The van der Waals surface area contributed by atoms with Crippen LogP contribution in [0.15, 0.2) is 0 Å².